The number of ether oxygens (including phenoxy) is 1. The van der Waals surface area contributed by atoms with Crippen molar-refractivity contribution in [2.24, 2.45) is 0 Å². The van der Waals surface area contributed by atoms with E-state index in [0.717, 1.165) is 0 Å². The third-order valence-electron chi connectivity index (χ3n) is 1.65. The molecule has 1 rings (SSSR count). The molecule has 0 aromatic rings. The molecule has 0 aromatic carbocycles. The van der Waals surface area contributed by atoms with Crippen LogP contribution in [0.4, 0.5) is 0 Å². The van der Waals surface area contributed by atoms with E-state index in [2.05, 4.69) is 0 Å². The van der Waals surface area contributed by atoms with Crippen molar-refractivity contribution in [1.82, 2.24) is 0 Å². The summed E-state index contributed by atoms with van der Waals surface area (Å²) in [4.78, 5) is 0. The van der Waals surface area contributed by atoms with Crippen molar-refractivity contribution >= 4 is 7.85 Å². The smallest absolute Gasteiger partial charge is 0.144 e. The van der Waals surface area contributed by atoms with Gasteiger partial charge in [0.2, 0.25) is 0 Å². The summed E-state index contributed by atoms with van der Waals surface area (Å²) in [6.45, 7) is 2.11. The molecule has 9 heavy (non-hydrogen) atoms. The van der Waals surface area contributed by atoms with Gasteiger partial charge in [-0.2, -0.15) is 0 Å². The Bertz CT molecular complexity index is 133. The van der Waals surface area contributed by atoms with Crippen LogP contribution >= 0.6 is 0 Å². The van der Waals surface area contributed by atoms with E-state index in [1.807, 2.05) is 20.8 Å². The van der Waals surface area contributed by atoms with Gasteiger partial charge in [-0.05, 0) is 6.92 Å². The molecule has 2 atom stereocenters. The van der Waals surface area contributed by atoms with Gasteiger partial charge in [-0.3, -0.25) is 0 Å². The van der Waals surface area contributed by atoms with E-state index in [4.69, 9.17) is 9.84 Å². The molecule has 0 aliphatic carbocycles. The Hall–Kier alpha value is -0.275. The van der Waals surface area contributed by atoms with E-state index in [1.165, 1.54) is 5.57 Å². The van der Waals surface area contributed by atoms with Gasteiger partial charge < -0.3 is 9.84 Å². The average molecular weight is 126 g/mol. The standard InChI is InChI=1S/C6H11BO2/c1-4-2-5(3-8)9-6(4)7/h2,5-6,8H,3,7H2,1H3/t5-,6+/m0/s1. The molecule has 3 heteroatoms. The fourth-order valence-corrected chi connectivity index (χ4v) is 0.933. The first-order valence-electron chi connectivity index (χ1n) is 3.18. The summed E-state index contributed by atoms with van der Waals surface area (Å²) in [7, 11) is 1.99. The van der Waals surface area contributed by atoms with Crippen LogP contribution in [0.5, 0.6) is 0 Å². The molecule has 50 valence electrons. The first-order valence-corrected chi connectivity index (χ1v) is 3.18. The quantitative estimate of drug-likeness (QED) is 0.371. The van der Waals surface area contributed by atoms with E-state index in [0.29, 0.717) is 0 Å². The van der Waals surface area contributed by atoms with Crippen molar-refractivity contribution in [1.29, 1.82) is 0 Å². The predicted octanol–water partition coefficient (Wildman–Crippen LogP) is -0.717. The van der Waals surface area contributed by atoms with Crippen LogP contribution in [0.3, 0.4) is 0 Å². The third kappa shape index (κ3) is 1.34. The van der Waals surface area contributed by atoms with Crippen LogP contribution in [0.15, 0.2) is 11.6 Å². The van der Waals surface area contributed by atoms with Crippen molar-refractivity contribution in [3.63, 3.8) is 0 Å². The molecule has 1 aliphatic heterocycles. The van der Waals surface area contributed by atoms with E-state index >= 15 is 0 Å². The van der Waals surface area contributed by atoms with Gasteiger partial charge in [0.15, 0.2) is 0 Å². The monoisotopic (exact) mass is 126 g/mol. The maximum atomic E-state index is 8.63. The summed E-state index contributed by atoms with van der Waals surface area (Å²) in [6.07, 6.45) is 1.91. The molecule has 1 N–H and O–H groups in total. The fourth-order valence-electron chi connectivity index (χ4n) is 0.933. The van der Waals surface area contributed by atoms with Gasteiger partial charge in [-0.1, -0.05) is 11.6 Å². The molecule has 0 radical (unpaired) electrons. The highest BCUT2D eigenvalue weighted by Crippen LogP contribution is 2.15. The Morgan fingerprint density at radius 2 is 2.56 bits per heavy atom. The van der Waals surface area contributed by atoms with Crippen LogP contribution in [0.25, 0.3) is 0 Å². The zero-order valence-electron chi connectivity index (χ0n) is 5.79. The molecule has 0 unspecified atom stereocenters. The molecule has 0 fully saturated rings. The van der Waals surface area contributed by atoms with Crippen LogP contribution < -0.4 is 0 Å². The lowest BCUT2D eigenvalue weighted by Crippen LogP contribution is -2.16. The lowest BCUT2D eigenvalue weighted by Gasteiger charge is -2.07. The van der Waals surface area contributed by atoms with Crippen molar-refractivity contribution in [2.75, 3.05) is 6.61 Å². The summed E-state index contributed by atoms with van der Waals surface area (Å²) < 4.78 is 5.28. The van der Waals surface area contributed by atoms with Gasteiger partial charge >= 0.3 is 0 Å². The van der Waals surface area contributed by atoms with Crippen LogP contribution in [0.2, 0.25) is 0 Å². The van der Waals surface area contributed by atoms with E-state index in [-0.39, 0.29) is 18.7 Å². The minimum atomic E-state index is -0.0556. The Labute approximate surface area is 55.9 Å². The highest BCUT2D eigenvalue weighted by atomic mass is 16.5. The molecule has 0 bridgehead atoms. The van der Waals surface area contributed by atoms with Gasteiger partial charge in [-0.25, -0.2) is 0 Å². The predicted molar refractivity (Wildman–Crippen MR) is 38.0 cm³/mol. The van der Waals surface area contributed by atoms with Crippen molar-refractivity contribution in [3.8, 4) is 0 Å². The fraction of sp³-hybridized carbons (Fsp3) is 0.667. The molecule has 0 saturated carbocycles. The largest absolute Gasteiger partial charge is 0.393 e. The van der Waals surface area contributed by atoms with Crippen LogP contribution in [0.1, 0.15) is 6.92 Å². The van der Waals surface area contributed by atoms with Gasteiger partial charge in [0.05, 0.1) is 12.7 Å². The minimum Gasteiger partial charge on any atom is -0.393 e. The van der Waals surface area contributed by atoms with Crippen LogP contribution in [-0.2, 0) is 4.74 Å². The Morgan fingerprint density at radius 3 is 2.78 bits per heavy atom. The molecule has 1 heterocycles. The minimum absolute atomic E-state index is 0.0556. The molecule has 0 spiro atoms. The third-order valence-corrected chi connectivity index (χ3v) is 1.65. The molecular weight excluding hydrogens is 115 g/mol. The Balaban J connectivity index is 2.52. The van der Waals surface area contributed by atoms with E-state index < -0.39 is 0 Å². The summed E-state index contributed by atoms with van der Waals surface area (Å²) in [6, 6.07) is 0.196. The molecule has 1 aliphatic rings. The molecule has 2 nitrogen and oxygen atoms in total. The van der Waals surface area contributed by atoms with Crippen molar-refractivity contribution < 1.29 is 9.84 Å². The Morgan fingerprint density at radius 1 is 1.89 bits per heavy atom. The lowest BCUT2D eigenvalue weighted by molar-refractivity contribution is 0.0559. The molecular formula is C6H11BO2. The second-order valence-corrected chi connectivity index (χ2v) is 2.41. The number of aliphatic hydroxyl groups is 1. The van der Waals surface area contributed by atoms with Gasteiger partial charge in [0.1, 0.15) is 7.85 Å². The molecule has 0 aromatic heterocycles. The summed E-state index contributed by atoms with van der Waals surface area (Å²) in [5.41, 5.74) is 1.22. The van der Waals surface area contributed by atoms with Crippen molar-refractivity contribution in [3.05, 3.63) is 11.6 Å². The zero-order chi connectivity index (χ0) is 6.85. The van der Waals surface area contributed by atoms with E-state index in [9.17, 15) is 0 Å². The second-order valence-electron chi connectivity index (χ2n) is 2.41. The lowest BCUT2D eigenvalue weighted by atomic mass is 9.94. The van der Waals surface area contributed by atoms with Gasteiger partial charge in [0.25, 0.3) is 0 Å². The Kier molecular flexibility index (Phi) is 1.93. The normalized spacial score (nSPS) is 34.7. The van der Waals surface area contributed by atoms with Gasteiger partial charge in [0, 0.05) is 6.00 Å². The van der Waals surface area contributed by atoms with Crippen LogP contribution in [-0.4, -0.2) is 31.7 Å². The maximum absolute atomic E-state index is 8.63. The highest BCUT2D eigenvalue weighted by Gasteiger charge is 2.18. The maximum Gasteiger partial charge on any atom is 0.144 e. The van der Waals surface area contributed by atoms with Crippen LogP contribution in [0, 0.1) is 0 Å². The number of hydrogen-bond acceptors (Lipinski definition) is 2. The summed E-state index contributed by atoms with van der Waals surface area (Å²) >= 11 is 0. The molecule has 0 amide bonds. The topological polar surface area (TPSA) is 29.5 Å². The summed E-state index contributed by atoms with van der Waals surface area (Å²) in [5.74, 6) is 0. The summed E-state index contributed by atoms with van der Waals surface area (Å²) in [5, 5.41) is 8.63. The highest BCUT2D eigenvalue weighted by molar-refractivity contribution is 6.13. The first-order chi connectivity index (χ1) is 4.24. The molecule has 0 saturated heterocycles. The van der Waals surface area contributed by atoms with Gasteiger partial charge in [-0.15, -0.1) is 0 Å². The SMILES string of the molecule is B[C@@H]1O[C@H](CO)C=C1C. The first kappa shape index (κ1) is 6.84. The second kappa shape index (κ2) is 2.54. The number of hydrogen-bond donors (Lipinski definition) is 1. The van der Waals surface area contributed by atoms with E-state index in [1.54, 1.807) is 0 Å². The van der Waals surface area contributed by atoms with Crippen molar-refractivity contribution in [2.45, 2.75) is 19.0 Å². The number of aliphatic hydroxyl groups excluding tert-OH is 1. The number of rotatable bonds is 1. The average Bonchev–Trinajstić information content (AvgIpc) is 2.13. The zero-order valence-corrected chi connectivity index (χ0v) is 5.79.